The third-order valence-corrected chi connectivity index (χ3v) is 9.33. The van der Waals surface area contributed by atoms with E-state index in [9.17, 15) is 9.00 Å². The quantitative estimate of drug-likeness (QED) is 0.333. The third-order valence-electron chi connectivity index (χ3n) is 5.93. The molecule has 2 atom stereocenters. The van der Waals surface area contributed by atoms with Crippen molar-refractivity contribution in [3.63, 3.8) is 0 Å². The van der Waals surface area contributed by atoms with Gasteiger partial charge in [0, 0.05) is 46.7 Å². The smallest absolute Gasteiger partial charge is 0.275 e. The van der Waals surface area contributed by atoms with Crippen LogP contribution in [0.4, 0.5) is 10.9 Å². The number of carbonyl (C=O) groups is 1. The molecule has 1 fully saturated rings. The van der Waals surface area contributed by atoms with Crippen molar-refractivity contribution in [1.82, 2.24) is 14.9 Å². The van der Waals surface area contributed by atoms with Gasteiger partial charge >= 0.3 is 0 Å². The van der Waals surface area contributed by atoms with Crippen LogP contribution in [0.25, 0.3) is 10.3 Å². The molecule has 9 nitrogen and oxygen atoms in total. The first-order chi connectivity index (χ1) is 16.6. The van der Waals surface area contributed by atoms with Crippen LogP contribution in [0.15, 0.2) is 41.3 Å². The van der Waals surface area contributed by atoms with Crippen molar-refractivity contribution in [1.29, 1.82) is 5.41 Å². The Kier molecular flexibility index (Phi) is 7.50. The van der Waals surface area contributed by atoms with Gasteiger partial charge in [-0.3, -0.25) is 19.7 Å². The predicted octanol–water partition coefficient (Wildman–Crippen LogP) is 2.56. The van der Waals surface area contributed by atoms with Crippen molar-refractivity contribution in [2.24, 2.45) is 0 Å². The van der Waals surface area contributed by atoms with Crippen LogP contribution in [-0.4, -0.2) is 89.3 Å². The molecule has 1 aliphatic heterocycles. The van der Waals surface area contributed by atoms with Gasteiger partial charge in [0.05, 0.1) is 11.9 Å². The average molecular weight is 515 g/mol. The maximum atomic E-state index is 13.1. The van der Waals surface area contributed by atoms with Crippen LogP contribution in [0.2, 0.25) is 0 Å². The molecule has 11 heteroatoms. The summed E-state index contributed by atoms with van der Waals surface area (Å²) in [4.78, 5) is 27.3. The lowest BCUT2D eigenvalue weighted by Crippen LogP contribution is -2.28. The highest BCUT2D eigenvalue weighted by molar-refractivity contribution is 8.01. The Labute approximate surface area is 209 Å². The second-order valence-corrected chi connectivity index (χ2v) is 12.4. The largest absolute Gasteiger partial charge is 0.380 e. The van der Waals surface area contributed by atoms with E-state index in [4.69, 9.17) is 10.1 Å². The number of nitrogens with zero attached hydrogens (tertiary/aromatic N) is 4. The fourth-order valence-electron chi connectivity index (χ4n) is 3.69. The van der Waals surface area contributed by atoms with Crippen LogP contribution in [0, 0.1) is 5.41 Å². The summed E-state index contributed by atoms with van der Waals surface area (Å²) in [5.41, 5.74) is 0.910. The van der Waals surface area contributed by atoms with Crippen LogP contribution in [0.3, 0.4) is 0 Å². The molecule has 0 spiro atoms. The van der Waals surface area contributed by atoms with E-state index in [0.29, 0.717) is 45.6 Å². The summed E-state index contributed by atoms with van der Waals surface area (Å²) in [6, 6.07) is 10.4. The molecule has 1 aromatic carbocycles. The molecule has 3 heterocycles. The van der Waals surface area contributed by atoms with E-state index in [-0.39, 0.29) is 11.0 Å². The zero-order chi connectivity index (χ0) is 25.2. The number of pyridine rings is 1. The minimum absolute atomic E-state index is 0.114. The zero-order valence-electron chi connectivity index (χ0n) is 20.1. The summed E-state index contributed by atoms with van der Waals surface area (Å²) in [5.74, 6) is 4.20. The lowest BCUT2D eigenvalue weighted by molar-refractivity contribution is -0.110. The van der Waals surface area contributed by atoms with E-state index in [2.05, 4.69) is 31.0 Å². The van der Waals surface area contributed by atoms with E-state index in [0.717, 1.165) is 18.9 Å². The molecule has 1 saturated heterocycles. The molecular weight excluding hydrogens is 484 g/mol. The standard InChI is InChI=1S/C24H30N6O3S2/c1-29(2)12-13-30(3)20-10-9-19-23(27-20)34-24(26-19)28-22(31)21(25)16-5-7-17(8-6-16)35(4,32)18-11-14-33-15-18/h5-10,18,25H,4,11-15H2,1-3H3,(H,26,28,31)/t18-,35?/m0/s1. The van der Waals surface area contributed by atoms with Crippen molar-refractivity contribution in [2.45, 2.75) is 16.6 Å². The summed E-state index contributed by atoms with van der Waals surface area (Å²) < 4.78 is 18.5. The summed E-state index contributed by atoms with van der Waals surface area (Å²) in [6.45, 7) is 2.77. The summed E-state index contributed by atoms with van der Waals surface area (Å²) >= 11 is 1.27. The first kappa shape index (κ1) is 25.2. The van der Waals surface area contributed by atoms with Crippen LogP contribution in [0.5, 0.6) is 0 Å². The van der Waals surface area contributed by atoms with Gasteiger partial charge in [0.15, 0.2) is 5.13 Å². The Morgan fingerprint density at radius 1 is 1.20 bits per heavy atom. The fraction of sp³-hybridized carbons (Fsp3) is 0.375. The van der Waals surface area contributed by atoms with Gasteiger partial charge in [0.2, 0.25) is 0 Å². The van der Waals surface area contributed by atoms with Gasteiger partial charge in [0.25, 0.3) is 5.91 Å². The summed E-state index contributed by atoms with van der Waals surface area (Å²) in [5, 5.41) is 11.3. The first-order valence-corrected chi connectivity index (χ1v) is 13.8. The Morgan fingerprint density at radius 3 is 2.60 bits per heavy atom. The monoisotopic (exact) mass is 514 g/mol. The SMILES string of the molecule is C=S(=O)(c1ccc(C(=N)C(=O)Nc2nc3ccc(N(C)CCN(C)C)nc3s2)cc1)[C@H]1CCOC1. The molecule has 186 valence electrons. The second-order valence-electron chi connectivity index (χ2n) is 8.80. The lowest BCUT2D eigenvalue weighted by atomic mass is 10.1. The number of carbonyl (C=O) groups excluding carboxylic acids is 1. The van der Waals surface area contributed by atoms with E-state index < -0.39 is 15.4 Å². The highest BCUT2D eigenvalue weighted by Crippen LogP contribution is 2.27. The average Bonchev–Trinajstić information content (AvgIpc) is 3.52. The predicted molar refractivity (Wildman–Crippen MR) is 144 cm³/mol. The molecule has 4 rings (SSSR count). The van der Waals surface area contributed by atoms with Gasteiger partial charge in [-0.15, -0.1) is 0 Å². The van der Waals surface area contributed by atoms with Crippen molar-refractivity contribution >= 4 is 59.6 Å². The van der Waals surface area contributed by atoms with Crippen molar-refractivity contribution in [3.05, 3.63) is 42.0 Å². The maximum Gasteiger partial charge on any atom is 0.275 e. The van der Waals surface area contributed by atoms with Gasteiger partial charge in [0.1, 0.15) is 21.9 Å². The normalized spacial score (nSPS) is 17.4. The Hall–Kier alpha value is -2.86. The van der Waals surface area contributed by atoms with E-state index in [1.54, 1.807) is 24.3 Å². The minimum atomic E-state index is -2.50. The number of rotatable bonds is 9. The molecule has 2 aromatic heterocycles. The topological polar surface area (TPSA) is 112 Å². The maximum absolute atomic E-state index is 13.1. The van der Waals surface area contributed by atoms with Crippen LogP contribution in [-0.2, 0) is 19.1 Å². The number of benzene rings is 1. The number of hydrogen-bond acceptors (Lipinski definition) is 9. The molecule has 0 aliphatic carbocycles. The molecule has 1 unspecified atom stereocenters. The number of fused-ring (bicyclic) bond motifs is 1. The number of hydrogen-bond donors (Lipinski definition) is 2. The molecular formula is C24H30N6O3S2. The van der Waals surface area contributed by atoms with Gasteiger partial charge in [-0.1, -0.05) is 23.5 Å². The van der Waals surface area contributed by atoms with Crippen molar-refractivity contribution < 1.29 is 13.7 Å². The number of anilines is 2. The highest BCUT2D eigenvalue weighted by atomic mass is 32.2. The van der Waals surface area contributed by atoms with Crippen molar-refractivity contribution in [2.75, 3.05) is 57.7 Å². The number of ether oxygens (including phenoxy) is 1. The minimum Gasteiger partial charge on any atom is -0.380 e. The van der Waals surface area contributed by atoms with Crippen molar-refractivity contribution in [3.8, 4) is 0 Å². The van der Waals surface area contributed by atoms with E-state index in [1.165, 1.54) is 11.3 Å². The second kappa shape index (κ2) is 10.4. The summed E-state index contributed by atoms with van der Waals surface area (Å²) in [7, 11) is 3.54. The number of amides is 1. The van der Waals surface area contributed by atoms with Gasteiger partial charge in [-0.25, -0.2) is 9.97 Å². The molecule has 0 bridgehead atoms. The molecule has 1 amide bonds. The molecule has 1 aliphatic rings. The van der Waals surface area contributed by atoms with Gasteiger partial charge in [-0.2, -0.15) is 0 Å². The lowest BCUT2D eigenvalue weighted by Gasteiger charge is -2.20. The molecule has 2 N–H and O–H groups in total. The molecule has 0 saturated carbocycles. The molecule has 3 aromatic rings. The number of aromatic nitrogens is 2. The third kappa shape index (κ3) is 5.69. The number of likely N-dealkylation sites (N-methyl/N-ethyl adjacent to an activating group) is 2. The summed E-state index contributed by atoms with van der Waals surface area (Å²) in [6.07, 6.45) is 0.715. The van der Waals surface area contributed by atoms with Crippen LogP contribution >= 0.6 is 11.3 Å². The molecule has 35 heavy (non-hydrogen) atoms. The zero-order valence-corrected chi connectivity index (χ0v) is 21.7. The highest BCUT2D eigenvalue weighted by Gasteiger charge is 2.26. The van der Waals surface area contributed by atoms with E-state index >= 15 is 0 Å². The van der Waals surface area contributed by atoms with Gasteiger partial charge in [-0.05, 0) is 50.7 Å². The molecule has 0 radical (unpaired) electrons. The Morgan fingerprint density at radius 2 is 1.94 bits per heavy atom. The Balaban J connectivity index is 1.43. The first-order valence-electron chi connectivity index (χ1n) is 11.2. The van der Waals surface area contributed by atoms with Gasteiger partial charge < -0.3 is 14.5 Å². The van der Waals surface area contributed by atoms with E-state index in [1.807, 2.05) is 33.3 Å². The van der Waals surface area contributed by atoms with Crippen LogP contribution < -0.4 is 10.2 Å². The van der Waals surface area contributed by atoms with Crippen LogP contribution in [0.1, 0.15) is 12.0 Å². The fourth-order valence-corrected chi connectivity index (χ4v) is 6.29. The number of nitrogens with one attached hydrogen (secondary N) is 2. The number of thiazole rings is 1. The Bertz CT molecular complexity index is 1330.